The Morgan fingerprint density at radius 2 is 1.70 bits per heavy atom. The first-order chi connectivity index (χ1) is 13.2. The fourth-order valence-electron chi connectivity index (χ4n) is 3.90. The van der Waals surface area contributed by atoms with Crippen molar-refractivity contribution >= 4 is 5.91 Å². The third-order valence-corrected chi connectivity index (χ3v) is 5.53. The number of ether oxygens (including phenoxy) is 1. The number of likely N-dealkylation sites (N-methyl/N-ethyl adjacent to an activating group) is 1. The molecule has 0 aliphatic carbocycles. The van der Waals surface area contributed by atoms with Gasteiger partial charge in [-0.15, -0.1) is 0 Å². The molecule has 5 heteroatoms. The molecule has 2 heterocycles. The van der Waals surface area contributed by atoms with Crippen LogP contribution in [0.3, 0.4) is 0 Å². The summed E-state index contributed by atoms with van der Waals surface area (Å²) in [5, 5.41) is 0. The lowest BCUT2D eigenvalue weighted by atomic mass is 10.1. The van der Waals surface area contributed by atoms with Gasteiger partial charge in [0.15, 0.2) is 0 Å². The van der Waals surface area contributed by atoms with E-state index in [2.05, 4.69) is 16.8 Å². The van der Waals surface area contributed by atoms with Gasteiger partial charge in [-0.2, -0.15) is 0 Å². The summed E-state index contributed by atoms with van der Waals surface area (Å²) < 4.78 is 5.77. The number of amides is 1. The molecule has 0 bridgehead atoms. The Kier molecular flexibility index (Phi) is 5.41. The lowest BCUT2D eigenvalue weighted by Gasteiger charge is -2.46. The number of benzene rings is 2. The van der Waals surface area contributed by atoms with E-state index < -0.39 is 0 Å². The third kappa shape index (κ3) is 4.31. The minimum absolute atomic E-state index is 0.137. The highest BCUT2D eigenvalue weighted by molar-refractivity contribution is 5.94. The van der Waals surface area contributed by atoms with Crippen LogP contribution >= 0.6 is 0 Å². The highest BCUT2D eigenvalue weighted by Gasteiger charge is 2.32. The van der Waals surface area contributed by atoms with Crippen molar-refractivity contribution in [3.63, 3.8) is 0 Å². The molecule has 0 aromatic heterocycles. The Bertz CT molecular complexity index is 763. The molecule has 2 aliphatic heterocycles. The Labute approximate surface area is 161 Å². The molecule has 0 N–H and O–H groups in total. The van der Waals surface area contributed by atoms with E-state index in [-0.39, 0.29) is 5.91 Å². The van der Waals surface area contributed by atoms with Crippen LogP contribution in [0.1, 0.15) is 15.9 Å². The van der Waals surface area contributed by atoms with E-state index in [9.17, 15) is 4.79 Å². The van der Waals surface area contributed by atoms with Crippen LogP contribution < -0.4 is 4.74 Å². The summed E-state index contributed by atoms with van der Waals surface area (Å²) in [7, 11) is 2.16. The average Bonchev–Trinajstić information content (AvgIpc) is 2.72. The van der Waals surface area contributed by atoms with E-state index >= 15 is 0 Å². The van der Waals surface area contributed by atoms with Crippen LogP contribution in [0.5, 0.6) is 5.75 Å². The molecule has 142 valence electrons. The van der Waals surface area contributed by atoms with Crippen LogP contribution in [0, 0.1) is 0 Å². The highest BCUT2D eigenvalue weighted by Crippen LogP contribution is 2.18. The highest BCUT2D eigenvalue weighted by atomic mass is 16.5. The van der Waals surface area contributed by atoms with E-state index in [1.165, 1.54) is 0 Å². The van der Waals surface area contributed by atoms with E-state index in [0.29, 0.717) is 12.6 Å². The molecule has 2 fully saturated rings. The van der Waals surface area contributed by atoms with Gasteiger partial charge in [0.1, 0.15) is 12.4 Å². The summed E-state index contributed by atoms with van der Waals surface area (Å²) >= 11 is 0. The fourth-order valence-corrected chi connectivity index (χ4v) is 3.90. The fraction of sp³-hybridized carbons (Fsp3) is 0.409. The van der Waals surface area contributed by atoms with Crippen molar-refractivity contribution in [2.45, 2.75) is 12.6 Å². The van der Waals surface area contributed by atoms with Crippen LogP contribution in [0.2, 0.25) is 0 Å². The van der Waals surface area contributed by atoms with Gasteiger partial charge < -0.3 is 14.5 Å². The number of hydrogen-bond donors (Lipinski definition) is 0. The van der Waals surface area contributed by atoms with Gasteiger partial charge >= 0.3 is 0 Å². The number of para-hydroxylation sites is 1. The van der Waals surface area contributed by atoms with Crippen LogP contribution in [0.25, 0.3) is 0 Å². The van der Waals surface area contributed by atoms with Gasteiger partial charge in [0.25, 0.3) is 5.91 Å². The summed E-state index contributed by atoms with van der Waals surface area (Å²) in [4.78, 5) is 19.8. The first-order valence-electron chi connectivity index (χ1n) is 9.68. The van der Waals surface area contributed by atoms with Crippen molar-refractivity contribution < 1.29 is 9.53 Å². The van der Waals surface area contributed by atoms with Crippen molar-refractivity contribution in [3.8, 4) is 5.75 Å². The number of hydrogen-bond acceptors (Lipinski definition) is 4. The molecule has 0 radical (unpaired) electrons. The Morgan fingerprint density at radius 3 is 2.48 bits per heavy atom. The Morgan fingerprint density at radius 1 is 0.963 bits per heavy atom. The topological polar surface area (TPSA) is 36.0 Å². The molecule has 2 aromatic carbocycles. The standard InChI is InChI=1S/C22H27N3O2/c1-23-11-12-24-13-14-25(16-20(24)15-23)22(26)19-9-7-18(8-10-19)17-27-21-5-3-2-4-6-21/h2-10,20H,11-17H2,1H3. The molecule has 2 aromatic rings. The Balaban J connectivity index is 1.35. The predicted molar refractivity (Wildman–Crippen MR) is 106 cm³/mol. The van der Waals surface area contributed by atoms with Crippen molar-refractivity contribution in [2.75, 3.05) is 46.3 Å². The second-order valence-electron chi connectivity index (χ2n) is 7.50. The third-order valence-electron chi connectivity index (χ3n) is 5.53. The van der Waals surface area contributed by atoms with Crippen LogP contribution in [-0.2, 0) is 6.61 Å². The summed E-state index contributed by atoms with van der Waals surface area (Å²) in [5.41, 5.74) is 1.82. The van der Waals surface area contributed by atoms with Crippen molar-refractivity contribution in [1.82, 2.24) is 14.7 Å². The lowest BCUT2D eigenvalue weighted by Crippen LogP contribution is -2.62. The maximum Gasteiger partial charge on any atom is 0.253 e. The zero-order valence-electron chi connectivity index (χ0n) is 15.9. The number of carbonyl (C=O) groups is 1. The summed E-state index contributed by atoms with van der Waals surface area (Å²) in [6.45, 7) is 6.40. The molecule has 2 aliphatic rings. The van der Waals surface area contributed by atoms with E-state index in [1.54, 1.807) is 0 Å². The molecular formula is C22H27N3O2. The summed E-state index contributed by atoms with van der Waals surface area (Å²) in [6, 6.07) is 18.1. The van der Waals surface area contributed by atoms with Gasteiger partial charge in [0.2, 0.25) is 0 Å². The number of fused-ring (bicyclic) bond motifs is 1. The second-order valence-corrected chi connectivity index (χ2v) is 7.50. The largest absolute Gasteiger partial charge is 0.489 e. The molecule has 0 saturated carbocycles. The van der Waals surface area contributed by atoms with Gasteiger partial charge in [0.05, 0.1) is 0 Å². The first kappa shape index (κ1) is 18.0. The van der Waals surface area contributed by atoms with Crippen molar-refractivity contribution in [3.05, 3.63) is 65.7 Å². The quantitative estimate of drug-likeness (QED) is 0.833. The van der Waals surface area contributed by atoms with Crippen molar-refractivity contribution in [2.24, 2.45) is 0 Å². The maximum absolute atomic E-state index is 12.9. The molecule has 27 heavy (non-hydrogen) atoms. The second kappa shape index (κ2) is 8.11. The minimum atomic E-state index is 0.137. The van der Waals surface area contributed by atoms with E-state index in [1.807, 2.05) is 59.5 Å². The number of rotatable bonds is 4. The Hall–Kier alpha value is -2.37. The van der Waals surface area contributed by atoms with Gasteiger partial charge in [0, 0.05) is 50.9 Å². The SMILES string of the molecule is CN1CCN2CCN(C(=O)c3ccc(COc4ccccc4)cc3)CC2C1. The summed E-state index contributed by atoms with van der Waals surface area (Å²) in [5.74, 6) is 0.992. The number of piperazine rings is 2. The molecule has 4 rings (SSSR count). The smallest absolute Gasteiger partial charge is 0.253 e. The molecule has 5 nitrogen and oxygen atoms in total. The van der Waals surface area contributed by atoms with Gasteiger partial charge in [-0.25, -0.2) is 0 Å². The predicted octanol–water partition coefficient (Wildman–Crippen LogP) is 2.34. The van der Waals surface area contributed by atoms with Gasteiger partial charge in [-0.05, 0) is 36.9 Å². The van der Waals surface area contributed by atoms with Crippen molar-refractivity contribution in [1.29, 1.82) is 0 Å². The minimum Gasteiger partial charge on any atom is -0.489 e. The molecule has 0 spiro atoms. The monoisotopic (exact) mass is 365 g/mol. The van der Waals surface area contributed by atoms with Crippen LogP contribution in [-0.4, -0.2) is 73.0 Å². The summed E-state index contributed by atoms with van der Waals surface area (Å²) in [6.07, 6.45) is 0. The number of carbonyl (C=O) groups excluding carboxylic acids is 1. The van der Waals surface area contributed by atoms with Crippen LogP contribution in [0.15, 0.2) is 54.6 Å². The van der Waals surface area contributed by atoms with Crippen LogP contribution in [0.4, 0.5) is 0 Å². The lowest BCUT2D eigenvalue weighted by molar-refractivity contribution is 0.0190. The first-order valence-corrected chi connectivity index (χ1v) is 9.68. The van der Waals surface area contributed by atoms with E-state index in [4.69, 9.17) is 4.74 Å². The normalized spacial score (nSPS) is 20.9. The van der Waals surface area contributed by atoms with E-state index in [0.717, 1.165) is 56.1 Å². The average molecular weight is 365 g/mol. The molecule has 2 saturated heterocycles. The number of nitrogens with zero attached hydrogens (tertiary/aromatic N) is 3. The zero-order valence-corrected chi connectivity index (χ0v) is 15.9. The van der Waals surface area contributed by atoms with Gasteiger partial charge in [-0.1, -0.05) is 30.3 Å². The molecule has 1 atom stereocenters. The molecular weight excluding hydrogens is 338 g/mol. The molecule has 1 unspecified atom stereocenters. The zero-order chi connectivity index (χ0) is 18.6. The maximum atomic E-state index is 12.9. The van der Waals surface area contributed by atoms with Gasteiger partial charge in [-0.3, -0.25) is 9.69 Å². The molecule has 1 amide bonds.